The van der Waals surface area contributed by atoms with Gasteiger partial charge >= 0.3 is 12.1 Å². The molecule has 0 radical (unpaired) electrons. The number of carbonyl (C=O) groups is 2. The molecule has 3 aromatic rings. The van der Waals surface area contributed by atoms with Crippen molar-refractivity contribution in [2.24, 2.45) is 0 Å². The van der Waals surface area contributed by atoms with Gasteiger partial charge in [-0.05, 0) is 73.7 Å². The van der Waals surface area contributed by atoms with Gasteiger partial charge in [0.2, 0.25) is 10.0 Å². The molecule has 0 fully saturated rings. The van der Waals surface area contributed by atoms with Gasteiger partial charge in [-0.1, -0.05) is 62.7 Å². The fraction of sp³-hybridized carbons (Fsp3) is 0.367. The quantitative estimate of drug-likeness (QED) is 0.308. The lowest BCUT2D eigenvalue weighted by atomic mass is 9.87. The normalized spacial score (nSPS) is 12.3. The van der Waals surface area contributed by atoms with Crippen LogP contribution in [-0.2, 0) is 38.1 Å². The molecular formula is C30H36ClN3O6S. The third-order valence-corrected chi connectivity index (χ3v) is 8.00. The van der Waals surface area contributed by atoms with Crippen LogP contribution in [0, 0.1) is 0 Å². The highest BCUT2D eigenvalue weighted by Gasteiger charge is 2.29. The van der Waals surface area contributed by atoms with Gasteiger partial charge in [-0.3, -0.25) is 9.69 Å². The van der Waals surface area contributed by atoms with Crippen molar-refractivity contribution in [2.45, 2.75) is 70.5 Å². The molecule has 1 amide bonds. The number of rotatable bonds is 9. The van der Waals surface area contributed by atoms with Gasteiger partial charge in [0.05, 0.1) is 17.1 Å². The number of carbonyl (C=O) groups excluding carboxylic acids is 1. The van der Waals surface area contributed by atoms with E-state index in [-0.39, 0.29) is 29.2 Å². The summed E-state index contributed by atoms with van der Waals surface area (Å²) in [5.74, 6) is -1.23. The predicted octanol–water partition coefficient (Wildman–Crippen LogP) is 6.25. The van der Waals surface area contributed by atoms with Crippen LogP contribution in [0.5, 0.6) is 0 Å². The summed E-state index contributed by atoms with van der Waals surface area (Å²) in [6, 6.07) is 18.3. The number of halogens is 1. The van der Waals surface area contributed by atoms with E-state index in [1.165, 1.54) is 34.6 Å². The SMILES string of the molecule is CC(C)(C)OC(=O)N(CC(=O)O)c1cccc(CN(Cc2ccc(C(C)(C)C)cc2)S(=O)(=O)c2ccc(Cl)cc2)n1. The van der Waals surface area contributed by atoms with Crippen molar-refractivity contribution < 1.29 is 27.9 Å². The standard InChI is InChI=1S/C30H36ClN3O6S/c1-29(2,3)22-12-10-21(11-13-22)18-33(41(38,39)25-16-14-23(31)15-17-25)19-24-8-7-9-26(32-24)34(20-27(35)36)28(37)40-30(4,5)6/h7-17H,18-20H2,1-6H3,(H,35,36). The number of amides is 1. The van der Waals surface area contributed by atoms with Crippen LogP contribution >= 0.6 is 11.6 Å². The minimum Gasteiger partial charge on any atom is -0.480 e. The van der Waals surface area contributed by atoms with Crippen molar-refractivity contribution in [3.63, 3.8) is 0 Å². The second-order valence-electron chi connectivity index (χ2n) is 11.6. The van der Waals surface area contributed by atoms with Crippen molar-refractivity contribution in [1.29, 1.82) is 0 Å². The average Bonchev–Trinajstić information content (AvgIpc) is 2.86. The monoisotopic (exact) mass is 601 g/mol. The van der Waals surface area contributed by atoms with E-state index < -0.39 is 34.2 Å². The first-order chi connectivity index (χ1) is 19.0. The van der Waals surface area contributed by atoms with Gasteiger partial charge in [-0.15, -0.1) is 0 Å². The summed E-state index contributed by atoms with van der Waals surface area (Å²) in [4.78, 5) is 29.8. The molecule has 2 aromatic carbocycles. The summed E-state index contributed by atoms with van der Waals surface area (Å²) >= 11 is 6.00. The van der Waals surface area contributed by atoms with Gasteiger partial charge in [-0.25, -0.2) is 18.2 Å². The summed E-state index contributed by atoms with van der Waals surface area (Å²) in [7, 11) is -4.01. The van der Waals surface area contributed by atoms with Gasteiger partial charge in [0.15, 0.2) is 0 Å². The second-order valence-corrected chi connectivity index (χ2v) is 14.0. The molecule has 0 saturated carbocycles. The van der Waals surface area contributed by atoms with Crippen molar-refractivity contribution in [1.82, 2.24) is 9.29 Å². The maximum atomic E-state index is 13.8. The number of aromatic nitrogens is 1. The number of anilines is 1. The highest BCUT2D eigenvalue weighted by Crippen LogP contribution is 2.26. The lowest BCUT2D eigenvalue weighted by Gasteiger charge is -2.26. The fourth-order valence-corrected chi connectivity index (χ4v) is 5.40. The smallest absolute Gasteiger partial charge is 0.416 e. The molecule has 220 valence electrons. The van der Waals surface area contributed by atoms with E-state index in [0.717, 1.165) is 16.0 Å². The van der Waals surface area contributed by atoms with E-state index in [9.17, 15) is 23.1 Å². The maximum absolute atomic E-state index is 13.8. The van der Waals surface area contributed by atoms with Gasteiger partial charge in [0.25, 0.3) is 0 Å². The van der Waals surface area contributed by atoms with Crippen LogP contribution in [0.3, 0.4) is 0 Å². The molecule has 1 heterocycles. The van der Waals surface area contributed by atoms with Crippen LogP contribution < -0.4 is 4.90 Å². The third kappa shape index (κ3) is 9.01. The van der Waals surface area contributed by atoms with Crippen LogP contribution in [-0.4, -0.2) is 47.0 Å². The first-order valence-electron chi connectivity index (χ1n) is 13.0. The van der Waals surface area contributed by atoms with Crippen LogP contribution in [0.25, 0.3) is 0 Å². The third-order valence-electron chi connectivity index (χ3n) is 5.94. The largest absolute Gasteiger partial charge is 0.480 e. The number of pyridine rings is 1. The zero-order valence-corrected chi connectivity index (χ0v) is 25.7. The Morgan fingerprint density at radius 1 is 0.902 bits per heavy atom. The Bertz CT molecular complexity index is 1480. The molecule has 0 aliphatic heterocycles. The Kier molecular flexibility index (Phi) is 9.84. The molecule has 0 bridgehead atoms. The Labute approximate surface area is 246 Å². The van der Waals surface area contributed by atoms with Crippen LogP contribution in [0.4, 0.5) is 10.6 Å². The molecule has 0 unspecified atom stereocenters. The van der Waals surface area contributed by atoms with Crippen molar-refractivity contribution in [3.8, 4) is 0 Å². The summed E-state index contributed by atoms with van der Waals surface area (Å²) < 4.78 is 34.3. The van der Waals surface area contributed by atoms with E-state index in [2.05, 4.69) is 25.8 Å². The lowest BCUT2D eigenvalue weighted by Crippen LogP contribution is -2.40. The fourth-order valence-electron chi connectivity index (χ4n) is 3.87. The predicted molar refractivity (Wildman–Crippen MR) is 158 cm³/mol. The number of carboxylic acid groups (broad SMARTS) is 1. The minimum absolute atomic E-state index is 0.0255. The summed E-state index contributed by atoms with van der Waals surface area (Å²) in [5.41, 5.74) is 1.27. The number of ether oxygens (including phenoxy) is 1. The van der Waals surface area contributed by atoms with E-state index >= 15 is 0 Å². The first-order valence-corrected chi connectivity index (χ1v) is 14.8. The summed E-state index contributed by atoms with van der Waals surface area (Å²) in [6.45, 7) is 10.5. The summed E-state index contributed by atoms with van der Waals surface area (Å²) in [6.07, 6.45) is -0.880. The topological polar surface area (TPSA) is 117 Å². The number of hydrogen-bond donors (Lipinski definition) is 1. The number of sulfonamides is 1. The molecule has 1 aromatic heterocycles. The molecule has 9 nitrogen and oxygen atoms in total. The van der Waals surface area contributed by atoms with Crippen molar-refractivity contribution >= 4 is 39.5 Å². The molecule has 0 spiro atoms. The number of carboxylic acids is 1. The van der Waals surface area contributed by atoms with Crippen LogP contribution in [0.1, 0.15) is 58.4 Å². The van der Waals surface area contributed by atoms with Crippen LogP contribution in [0.15, 0.2) is 71.6 Å². The van der Waals surface area contributed by atoms with Crippen molar-refractivity contribution in [2.75, 3.05) is 11.4 Å². The Morgan fingerprint density at radius 3 is 2.05 bits per heavy atom. The van der Waals surface area contributed by atoms with Gasteiger partial charge in [-0.2, -0.15) is 4.31 Å². The highest BCUT2D eigenvalue weighted by atomic mass is 35.5. The molecule has 0 atom stereocenters. The van der Waals surface area contributed by atoms with Gasteiger partial charge in [0, 0.05) is 11.6 Å². The molecule has 0 aliphatic carbocycles. The molecule has 0 saturated heterocycles. The summed E-state index contributed by atoms with van der Waals surface area (Å²) in [5, 5.41) is 9.82. The lowest BCUT2D eigenvalue weighted by molar-refractivity contribution is -0.135. The Hall–Kier alpha value is -3.47. The first kappa shape index (κ1) is 32.0. The average molecular weight is 602 g/mol. The zero-order chi connectivity index (χ0) is 30.6. The minimum atomic E-state index is -4.01. The molecule has 41 heavy (non-hydrogen) atoms. The van der Waals surface area contributed by atoms with E-state index in [4.69, 9.17) is 16.3 Å². The molecule has 3 rings (SSSR count). The molecule has 1 N–H and O–H groups in total. The second kappa shape index (κ2) is 12.6. The number of benzene rings is 2. The van der Waals surface area contributed by atoms with Crippen molar-refractivity contribution in [3.05, 3.63) is 88.6 Å². The maximum Gasteiger partial charge on any atom is 0.416 e. The van der Waals surface area contributed by atoms with E-state index in [1.807, 2.05) is 24.3 Å². The molecular weight excluding hydrogens is 566 g/mol. The van der Waals surface area contributed by atoms with Crippen LogP contribution in [0.2, 0.25) is 5.02 Å². The van der Waals surface area contributed by atoms with E-state index in [1.54, 1.807) is 32.9 Å². The van der Waals surface area contributed by atoms with Gasteiger partial charge < -0.3 is 9.84 Å². The Morgan fingerprint density at radius 2 is 1.51 bits per heavy atom. The van der Waals surface area contributed by atoms with E-state index in [0.29, 0.717) is 10.7 Å². The molecule has 11 heteroatoms. The highest BCUT2D eigenvalue weighted by molar-refractivity contribution is 7.89. The zero-order valence-electron chi connectivity index (χ0n) is 24.1. The number of hydrogen-bond acceptors (Lipinski definition) is 6. The van der Waals surface area contributed by atoms with Gasteiger partial charge in [0.1, 0.15) is 18.0 Å². The number of aliphatic carboxylic acids is 1. The molecule has 0 aliphatic rings. The number of nitrogens with zero attached hydrogens (tertiary/aromatic N) is 3. The Balaban J connectivity index is 2.00.